The number of hydrogen-bond donors (Lipinski definition) is 1. The molecule has 0 atom stereocenters. The number of morpholine rings is 1. The zero-order chi connectivity index (χ0) is 18.8. The Balaban J connectivity index is 1.43. The molecule has 2 aromatic heterocycles. The first kappa shape index (κ1) is 17.1. The summed E-state index contributed by atoms with van der Waals surface area (Å²) in [5, 5.41) is 7.39. The van der Waals surface area contributed by atoms with Gasteiger partial charge in [0.1, 0.15) is 17.2 Å². The molecule has 4 aromatic rings. The van der Waals surface area contributed by atoms with Gasteiger partial charge in [-0.2, -0.15) is 0 Å². The zero-order valence-electron chi connectivity index (χ0n) is 15.2. The van der Waals surface area contributed by atoms with Gasteiger partial charge in [-0.25, -0.2) is 15.0 Å². The number of fused-ring (bicyclic) bond motifs is 1. The smallest absolute Gasteiger partial charge is 0.141 e. The summed E-state index contributed by atoms with van der Waals surface area (Å²) >= 11 is 1.62. The molecule has 7 heteroatoms. The Morgan fingerprint density at radius 3 is 2.61 bits per heavy atom. The molecule has 140 valence electrons. The van der Waals surface area contributed by atoms with Crippen LogP contribution in [0.15, 0.2) is 60.4 Å². The number of anilines is 3. The van der Waals surface area contributed by atoms with Crippen LogP contribution in [0.4, 0.5) is 17.2 Å². The Morgan fingerprint density at radius 1 is 0.964 bits per heavy atom. The van der Waals surface area contributed by atoms with E-state index in [1.165, 1.54) is 5.69 Å². The van der Waals surface area contributed by atoms with Crippen LogP contribution < -0.4 is 10.2 Å². The summed E-state index contributed by atoms with van der Waals surface area (Å²) < 4.78 is 5.43. The highest BCUT2D eigenvalue weighted by Crippen LogP contribution is 2.30. The third kappa shape index (κ3) is 3.42. The van der Waals surface area contributed by atoms with E-state index in [4.69, 9.17) is 4.74 Å². The van der Waals surface area contributed by atoms with Crippen LogP contribution in [-0.2, 0) is 4.74 Å². The summed E-state index contributed by atoms with van der Waals surface area (Å²) in [5.74, 6) is 0.794. The van der Waals surface area contributed by atoms with Crippen molar-refractivity contribution in [2.24, 2.45) is 0 Å². The topological polar surface area (TPSA) is 63.2 Å². The minimum atomic E-state index is 0.786. The van der Waals surface area contributed by atoms with Crippen molar-refractivity contribution in [1.82, 2.24) is 15.0 Å². The van der Waals surface area contributed by atoms with Crippen molar-refractivity contribution in [1.29, 1.82) is 0 Å². The predicted octanol–water partition coefficient (Wildman–Crippen LogP) is 4.33. The highest BCUT2D eigenvalue weighted by atomic mass is 32.1. The molecule has 0 saturated carbocycles. The quantitative estimate of drug-likeness (QED) is 0.560. The van der Waals surface area contributed by atoms with Crippen molar-refractivity contribution < 1.29 is 4.74 Å². The average Bonchev–Trinajstić information content (AvgIpc) is 3.30. The van der Waals surface area contributed by atoms with Crippen molar-refractivity contribution in [2.45, 2.75) is 0 Å². The van der Waals surface area contributed by atoms with E-state index in [2.05, 4.69) is 61.6 Å². The van der Waals surface area contributed by atoms with Gasteiger partial charge in [-0.05, 0) is 42.5 Å². The van der Waals surface area contributed by atoms with E-state index < -0.39 is 0 Å². The van der Waals surface area contributed by atoms with E-state index in [-0.39, 0.29) is 0 Å². The maximum atomic E-state index is 5.43. The molecule has 1 aliphatic heterocycles. The molecule has 1 aliphatic rings. The average molecular weight is 389 g/mol. The maximum absolute atomic E-state index is 5.43. The van der Waals surface area contributed by atoms with Crippen LogP contribution in [0.2, 0.25) is 0 Å². The summed E-state index contributed by atoms with van der Waals surface area (Å²) in [5.41, 5.74) is 4.19. The highest BCUT2D eigenvalue weighted by molar-refractivity contribution is 7.13. The Hall–Kier alpha value is -3.03. The lowest BCUT2D eigenvalue weighted by Crippen LogP contribution is -2.36. The van der Waals surface area contributed by atoms with Crippen LogP contribution in [0.3, 0.4) is 0 Å². The first-order valence-electron chi connectivity index (χ1n) is 9.21. The number of hydrogen-bond acceptors (Lipinski definition) is 7. The van der Waals surface area contributed by atoms with Gasteiger partial charge in [0.25, 0.3) is 0 Å². The van der Waals surface area contributed by atoms with Gasteiger partial charge in [-0.3, -0.25) is 0 Å². The third-order valence-electron chi connectivity index (χ3n) is 4.82. The lowest BCUT2D eigenvalue weighted by Gasteiger charge is -2.28. The summed E-state index contributed by atoms with van der Waals surface area (Å²) in [6.07, 6.45) is 3.41. The molecule has 28 heavy (non-hydrogen) atoms. The summed E-state index contributed by atoms with van der Waals surface area (Å²) in [7, 11) is 0. The SMILES string of the molecule is c1csc(-c2ccc3ncnc(Nc4ccc(N5CCOCC5)cc4)c3c2)n1. The Morgan fingerprint density at radius 2 is 1.82 bits per heavy atom. The van der Waals surface area contributed by atoms with Gasteiger partial charge in [0, 0.05) is 47.0 Å². The second-order valence-corrected chi connectivity index (χ2v) is 7.46. The second-order valence-electron chi connectivity index (χ2n) is 6.56. The fraction of sp³-hybridized carbons (Fsp3) is 0.190. The van der Waals surface area contributed by atoms with E-state index in [1.807, 2.05) is 17.6 Å². The number of nitrogens with one attached hydrogen (secondary N) is 1. The van der Waals surface area contributed by atoms with Gasteiger partial charge in [0.05, 0.1) is 18.7 Å². The Bertz CT molecular complexity index is 1080. The van der Waals surface area contributed by atoms with Gasteiger partial charge in [-0.15, -0.1) is 11.3 Å². The largest absolute Gasteiger partial charge is 0.378 e. The lowest BCUT2D eigenvalue weighted by atomic mass is 10.1. The lowest BCUT2D eigenvalue weighted by molar-refractivity contribution is 0.122. The van der Waals surface area contributed by atoms with Gasteiger partial charge < -0.3 is 15.0 Å². The minimum absolute atomic E-state index is 0.786. The van der Waals surface area contributed by atoms with Crippen molar-refractivity contribution in [3.05, 3.63) is 60.4 Å². The number of nitrogens with zero attached hydrogens (tertiary/aromatic N) is 4. The monoisotopic (exact) mass is 389 g/mol. The molecule has 0 spiro atoms. The number of aromatic nitrogens is 3. The number of benzene rings is 2. The van der Waals surface area contributed by atoms with Crippen LogP contribution in [0.1, 0.15) is 0 Å². The standard InChI is InChI=1S/C21H19N5OS/c1-6-19-18(13-15(1)21-22-7-12-28-21)20(24-14-23-19)25-16-2-4-17(5-3-16)26-8-10-27-11-9-26/h1-7,12-14H,8-11H2,(H,23,24,25). The summed E-state index contributed by atoms with van der Waals surface area (Å²) in [6, 6.07) is 14.6. The van der Waals surface area contributed by atoms with Crippen LogP contribution in [0.5, 0.6) is 0 Å². The van der Waals surface area contributed by atoms with E-state index in [0.29, 0.717) is 0 Å². The second kappa shape index (κ2) is 7.53. The fourth-order valence-electron chi connectivity index (χ4n) is 3.37. The molecule has 0 unspecified atom stereocenters. The van der Waals surface area contributed by atoms with E-state index in [9.17, 15) is 0 Å². The zero-order valence-corrected chi connectivity index (χ0v) is 16.0. The predicted molar refractivity (Wildman–Crippen MR) is 113 cm³/mol. The molecule has 3 heterocycles. The first-order valence-corrected chi connectivity index (χ1v) is 10.1. The summed E-state index contributed by atoms with van der Waals surface area (Å²) in [6.45, 7) is 3.44. The number of rotatable bonds is 4. The number of thiazole rings is 1. The van der Waals surface area contributed by atoms with Crippen molar-refractivity contribution in [3.8, 4) is 10.6 Å². The number of ether oxygens (including phenoxy) is 1. The van der Waals surface area contributed by atoms with Crippen molar-refractivity contribution >= 4 is 39.4 Å². The highest BCUT2D eigenvalue weighted by Gasteiger charge is 2.12. The van der Waals surface area contributed by atoms with E-state index >= 15 is 0 Å². The van der Waals surface area contributed by atoms with Gasteiger partial charge >= 0.3 is 0 Å². The van der Waals surface area contributed by atoms with Crippen LogP contribution in [-0.4, -0.2) is 41.3 Å². The maximum Gasteiger partial charge on any atom is 0.141 e. The molecule has 0 bridgehead atoms. The molecule has 1 fully saturated rings. The van der Waals surface area contributed by atoms with E-state index in [0.717, 1.165) is 59.3 Å². The molecule has 0 aliphatic carbocycles. The summed E-state index contributed by atoms with van der Waals surface area (Å²) in [4.78, 5) is 15.6. The molecule has 0 radical (unpaired) electrons. The molecular weight excluding hydrogens is 370 g/mol. The molecule has 1 saturated heterocycles. The molecule has 5 rings (SSSR count). The van der Waals surface area contributed by atoms with Gasteiger partial charge in [0.15, 0.2) is 0 Å². The van der Waals surface area contributed by atoms with Crippen LogP contribution in [0, 0.1) is 0 Å². The molecule has 0 amide bonds. The Kier molecular flexibility index (Phi) is 4.60. The normalized spacial score (nSPS) is 14.4. The fourth-order valence-corrected chi connectivity index (χ4v) is 4.00. The molecular formula is C21H19N5OS. The van der Waals surface area contributed by atoms with Gasteiger partial charge in [-0.1, -0.05) is 0 Å². The molecule has 2 aromatic carbocycles. The molecule has 6 nitrogen and oxygen atoms in total. The Labute approximate surface area is 166 Å². The minimum Gasteiger partial charge on any atom is -0.378 e. The van der Waals surface area contributed by atoms with Gasteiger partial charge in [0.2, 0.25) is 0 Å². The third-order valence-corrected chi connectivity index (χ3v) is 5.64. The van der Waals surface area contributed by atoms with Crippen LogP contribution >= 0.6 is 11.3 Å². The van der Waals surface area contributed by atoms with E-state index in [1.54, 1.807) is 17.7 Å². The van der Waals surface area contributed by atoms with Crippen LogP contribution in [0.25, 0.3) is 21.5 Å². The first-order chi connectivity index (χ1) is 13.9. The molecule has 1 N–H and O–H groups in total. The van der Waals surface area contributed by atoms with Crippen molar-refractivity contribution in [3.63, 3.8) is 0 Å². The van der Waals surface area contributed by atoms with Crippen molar-refractivity contribution in [2.75, 3.05) is 36.5 Å².